The number of carbonyl (C=O) groups is 2. The Hall–Kier alpha value is -3.42. The van der Waals surface area contributed by atoms with Crippen LogP contribution in [0, 0.1) is 6.92 Å². The van der Waals surface area contributed by atoms with Gasteiger partial charge in [0.25, 0.3) is 11.7 Å². The van der Waals surface area contributed by atoms with Crippen LogP contribution < -0.4 is 4.74 Å². The Kier molecular flexibility index (Phi) is 8.00. The number of aryl methyl sites for hydroxylation is 1. The van der Waals surface area contributed by atoms with E-state index >= 15 is 0 Å². The topological polar surface area (TPSA) is 79.3 Å². The van der Waals surface area contributed by atoms with Crippen molar-refractivity contribution in [1.29, 1.82) is 0 Å². The number of hydrogen-bond donors (Lipinski definition) is 1. The SMILES string of the molecule is C=CCOc1ccc(C(O)=C2C(=O)C(=O)N(CCCN3CCOCC3)[C@H]2c2ccccc2)cc1C. The summed E-state index contributed by atoms with van der Waals surface area (Å²) in [6.07, 6.45) is 2.39. The van der Waals surface area contributed by atoms with Crippen LogP contribution in [0.2, 0.25) is 0 Å². The first-order chi connectivity index (χ1) is 17.0. The van der Waals surface area contributed by atoms with E-state index < -0.39 is 17.7 Å². The Balaban J connectivity index is 1.64. The van der Waals surface area contributed by atoms with Crippen LogP contribution in [0.3, 0.4) is 0 Å². The van der Waals surface area contributed by atoms with E-state index in [0.717, 1.165) is 37.2 Å². The molecular formula is C28H32N2O5. The lowest BCUT2D eigenvalue weighted by atomic mass is 9.95. The van der Waals surface area contributed by atoms with Crippen molar-refractivity contribution in [3.8, 4) is 5.75 Å². The van der Waals surface area contributed by atoms with Crippen molar-refractivity contribution >= 4 is 17.4 Å². The van der Waals surface area contributed by atoms with Gasteiger partial charge in [-0.1, -0.05) is 43.0 Å². The quantitative estimate of drug-likeness (QED) is 0.257. The Labute approximate surface area is 206 Å². The number of Topliss-reactive ketones (excluding diaryl/α,β-unsaturated/α-hetero) is 1. The zero-order valence-electron chi connectivity index (χ0n) is 20.1. The lowest BCUT2D eigenvalue weighted by Gasteiger charge is -2.29. The summed E-state index contributed by atoms with van der Waals surface area (Å²) in [5.74, 6) is -0.742. The summed E-state index contributed by atoms with van der Waals surface area (Å²) < 4.78 is 11.0. The number of ether oxygens (including phenoxy) is 2. The van der Waals surface area contributed by atoms with Crippen LogP contribution in [0.15, 0.2) is 66.8 Å². The molecule has 1 amide bonds. The zero-order valence-corrected chi connectivity index (χ0v) is 20.1. The second-order valence-electron chi connectivity index (χ2n) is 8.79. The van der Waals surface area contributed by atoms with Crippen molar-refractivity contribution in [2.45, 2.75) is 19.4 Å². The second kappa shape index (κ2) is 11.3. The highest BCUT2D eigenvalue weighted by molar-refractivity contribution is 6.46. The third kappa shape index (κ3) is 5.47. The molecule has 1 atom stereocenters. The van der Waals surface area contributed by atoms with E-state index in [4.69, 9.17) is 9.47 Å². The Morgan fingerprint density at radius 1 is 1.14 bits per heavy atom. The van der Waals surface area contributed by atoms with Gasteiger partial charge in [0.05, 0.1) is 24.8 Å². The van der Waals surface area contributed by atoms with Gasteiger partial charge < -0.3 is 19.5 Å². The van der Waals surface area contributed by atoms with Crippen molar-refractivity contribution in [2.24, 2.45) is 0 Å². The largest absolute Gasteiger partial charge is 0.507 e. The molecule has 2 aromatic carbocycles. The van der Waals surface area contributed by atoms with E-state index in [9.17, 15) is 14.7 Å². The standard InChI is InChI=1S/C28H32N2O5/c1-3-16-35-23-11-10-22(19-20(23)2)26(31)24-25(21-8-5-4-6-9-21)30(28(33)27(24)32)13-7-12-29-14-17-34-18-15-29/h3-6,8-11,19,25,31H,1,7,12-18H2,2H3/t25-/m0/s1. The molecule has 2 aliphatic rings. The number of benzene rings is 2. The monoisotopic (exact) mass is 476 g/mol. The number of carbonyl (C=O) groups excluding carboxylic acids is 2. The number of hydrogen-bond acceptors (Lipinski definition) is 6. The molecule has 35 heavy (non-hydrogen) atoms. The molecule has 0 aliphatic carbocycles. The number of morpholine rings is 1. The molecule has 7 nitrogen and oxygen atoms in total. The normalized spacial score (nSPS) is 20.3. The molecule has 2 aromatic rings. The van der Waals surface area contributed by atoms with E-state index in [-0.39, 0.29) is 11.3 Å². The highest BCUT2D eigenvalue weighted by Crippen LogP contribution is 2.39. The van der Waals surface area contributed by atoms with Crippen molar-refractivity contribution in [1.82, 2.24) is 9.80 Å². The molecule has 4 rings (SSSR count). The second-order valence-corrected chi connectivity index (χ2v) is 8.79. The molecule has 2 aliphatic heterocycles. The lowest BCUT2D eigenvalue weighted by molar-refractivity contribution is -0.140. The van der Waals surface area contributed by atoms with E-state index in [1.54, 1.807) is 29.2 Å². The van der Waals surface area contributed by atoms with Gasteiger partial charge in [-0.15, -0.1) is 0 Å². The van der Waals surface area contributed by atoms with Crippen molar-refractivity contribution in [2.75, 3.05) is 46.0 Å². The minimum atomic E-state index is -0.660. The fourth-order valence-electron chi connectivity index (χ4n) is 4.64. The van der Waals surface area contributed by atoms with Crippen molar-refractivity contribution in [3.63, 3.8) is 0 Å². The molecule has 0 aromatic heterocycles. The average Bonchev–Trinajstić information content (AvgIpc) is 3.13. The Morgan fingerprint density at radius 2 is 1.89 bits per heavy atom. The number of amides is 1. The molecule has 0 unspecified atom stereocenters. The maximum atomic E-state index is 13.2. The number of rotatable bonds is 9. The van der Waals surface area contributed by atoms with Crippen LogP contribution in [0.1, 0.15) is 29.2 Å². The Bertz CT molecular complexity index is 1110. The average molecular weight is 477 g/mol. The number of aliphatic hydroxyl groups excluding tert-OH is 1. The predicted octanol–water partition coefficient (Wildman–Crippen LogP) is 3.70. The highest BCUT2D eigenvalue weighted by Gasteiger charge is 2.45. The molecule has 2 heterocycles. The third-order valence-electron chi connectivity index (χ3n) is 6.44. The van der Waals surface area contributed by atoms with Crippen molar-refractivity contribution < 1.29 is 24.2 Å². The summed E-state index contributed by atoms with van der Waals surface area (Å²) >= 11 is 0. The highest BCUT2D eigenvalue weighted by atomic mass is 16.5. The van der Waals surface area contributed by atoms with Crippen LogP contribution in [-0.2, 0) is 14.3 Å². The summed E-state index contributed by atoms with van der Waals surface area (Å²) in [6, 6.07) is 14.0. The van der Waals surface area contributed by atoms with Gasteiger partial charge in [0.1, 0.15) is 18.1 Å². The predicted molar refractivity (Wildman–Crippen MR) is 134 cm³/mol. The van der Waals surface area contributed by atoms with Gasteiger partial charge in [0.15, 0.2) is 0 Å². The molecule has 2 saturated heterocycles. The first-order valence-electron chi connectivity index (χ1n) is 12.0. The summed E-state index contributed by atoms with van der Waals surface area (Å²) in [7, 11) is 0. The van der Waals surface area contributed by atoms with E-state index in [2.05, 4.69) is 11.5 Å². The van der Waals surface area contributed by atoms with Gasteiger partial charge in [-0.3, -0.25) is 14.5 Å². The summed E-state index contributed by atoms with van der Waals surface area (Å²) in [4.78, 5) is 30.2. The lowest BCUT2D eigenvalue weighted by Crippen LogP contribution is -2.38. The first-order valence-corrected chi connectivity index (χ1v) is 12.0. The van der Waals surface area contributed by atoms with Gasteiger partial charge in [-0.2, -0.15) is 0 Å². The van der Waals surface area contributed by atoms with E-state index in [0.29, 0.717) is 37.7 Å². The molecular weight excluding hydrogens is 444 g/mol. The summed E-state index contributed by atoms with van der Waals surface area (Å²) in [6.45, 7) is 10.3. The molecule has 0 bridgehead atoms. The maximum Gasteiger partial charge on any atom is 0.295 e. The third-order valence-corrected chi connectivity index (χ3v) is 6.44. The van der Waals surface area contributed by atoms with Crippen LogP contribution in [0.25, 0.3) is 5.76 Å². The van der Waals surface area contributed by atoms with Crippen LogP contribution in [0.5, 0.6) is 5.75 Å². The summed E-state index contributed by atoms with van der Waals surface area (Å²) in [5.41, 5.74) is 2.20. The Morgan fingerprint density at radius 3 is 2.57 bits per heavy atom. The zero-order chi connectivity index (χ0) is 24.8. The fourth-order valence-corrected chi connectivity index (χ4v) is 4.64. The molecule has 0 spiro atoms. The van der Waals surface area contributed by atoms with Crippen molar-refractivity contribution in [3.05, 3.63) is 83.4 Å². The van der Waals surface area contributed by atoms with Gasteiger partial charge in [0, 0.05) is 31.7 Å². The number of nitrogens with zero attached hydrogens (tertiary/aromatic N) is 2. The summed E-state index contributed by atoms with van der Waals surface area (Å²) in [5, 5.41) is 11.3. The number of ketones is 1. The minimum Gasteiger partial charge on any atom is -0.507 e. The molecule has 7 heteroatoms. The van der Waals surface area contributed by atoms with Crippen LogP contribution >= 0.6 is 0 Å². The van der Waals surface area contributed by atoms with Gasteiger partial charge in [-0.05, 0) is 42.7 Å². The van der Waals surface area contributed by atoms with Gasteiger partial charge >= 0.3 is 0 Å². The maximum absolute atomic E-state index is 13.2. The van der Waals surface area contributed by atoms with Crippen LogP contribution in [-0.4, -0.2) is 72.6 Å². The molecule has 2 fully saturated rings. The van der Waals surface area contributed by atoms with Gasteiger partial charge in [-0.25, -0.2) is 0 Å². The molecule has 0 saturated carbocycles. The van der Waals surface area contributed by atoms with E-state index in [1.165, 1.54) is 0 Å². The molecule has 1 N–H and O–H groups in total. The number of likely N-dealkylation sites (tertiary alicyclic amines) is 1. The smallest absolute Gasteiger partial charge is 0.295 e. The molecule has 184 valence electrons. The molecule has 0 radical (unpaired) electrons. The first kappa shape index (κ1) is 24.7. The van der Waals surface area contributed by atoms with Crippen LogP contribution in [0.4, 0.5) is 0 Å². The van der Waals surface area contributed by atoms with Gasteiger partial charge in [0.2, 0.25) is 0 Å². The minimum absolute atomic E-state index is 0.117. The van der Waals surface area contributed by atoms with E-state index in [1.807, 2.05) is 37.3 Å². The fraction of sp³-hybridized carbons (Fsp3) is 0.357. The number of aliphatic hydroxyl groups is 1.